The zero-order valence-corrected chi connectivity index (χ0v) is 7.84. The molecule has 0 heterocycles. The lowest BCUT2D eigenvalue weighted by atomic mass is 10.2. The van der Waals surface area contributed by atoms with Crippen LogP contribution in [-0.4, -0.2) is 11.5 Å². The number of anilines is 1. The van der Waals surface area contributed by atoms with Gasteiger partial charge in [-0.15, -0.1) is 0 Å². The Balaban J connectivity index is 3.10. The Morgan fingerprint density at radius 1 is 1.62 bits per heavy atom. The molecule has 0 amide bonds. The number of nitrogens with one attached hydrogen (secondary N) is 1. The average Bonchev–Trinajstić information content (AvgIpc) is 2.08. The van der Waals surface area contributed by atoms with Crippen LogP contribution in [0.1, 0.15) is 6.92 Å². The Morgan fingerprint density at radius 2 is 2.31 bits per heavy atom. The van der Waals surface area contributed by atoms with E-state index >= 15 is 0 Å². The molecule has 0 saturated carbocycles. The summed E-state index contributed by atoms with van der Waals surface area (Å²) in [6.45, 7) is 2.51. The van der Waals surface area contributed by atoms with Crippen molar-refractivity contribution in [1.82, 2.24) is 0 Å². The second kappa shape index (κ2) is 4.09. The number of nitrogens with zero attached hydrogens (tertiary/aromatic N) is 1. The highest BCUT2D eigenvalue weighted by molar-refractivity contribution is 6.30. The second-order valence-corrected chi connectivity index (χ2v) is 2.89. The largest absolute Gasteiger partial charge is 0.380 e. The van der Waals surface area contributed by atoms with E-state index in [0.29, 0.717) is 17.3 Å². The molecular weight excluding hydrogens is 192 g/mol. The molecule has 0 bridgehead atoms. The van der Waals surface area contributed by atoms with Gasteiger partial charge in [-0.2, -0.15) is 0 Å². The van der Waals surface area contributed by atoms with E-state index in [1.165, 1.54) is 6.07 Å². The molecule has 0 radical (unpaired) electrons. The zero-order chi connectivity index (χ0) is 9.84. The van der Waals surface area contributed by atoms with E-state index in [0.717, 1.165) is 0 Å². The minimum Gasteiger partial charge on any atom is -0.380 e. The fourth-order valence-corrected chi connectivity index (χ4v) is 1.16. The van der Waals surface area contributed by atoms with Crippen LogP contribution in [-0.2, 0) is 0 Å². The van der Waals surface area contributed by atoms with Gasteiger partial charge in [0.1, 0.15) is 5.69 Å². The molecule has 0 spiro atoms. The van der Waals surface area contributed by atoms with Crippen LogP contribution in [0.15, 0.2) is 18.2 Å². The van der Waals surface area contributed by atoms with E-state index in [1.54, 1.807) is 12.1 Å². The van der Waals surface area contributed by atoms with Crippen LogP contribution in [0.5, 0.6) is 0 Å². The Bertz CT molecular complexity index is 328. The standard InChI is InChI=1S/C8H9ClN2O2/c1-2-10-7-4-3-6(9)5-8(7)11(12)13/h3-5,10H,2H2,1H3. The fourth-order valence-electron chi connectivity index (χ4n) is 0.996. The highest BCUT2D eigenvalue weighted by Gasteiger charge is 2.12. The van der Waals surface area contributed by atoms with Gasteiger partial charge < -0.3 is 5.32 Å². The van der Waals surface area contributed by atoms with Crippen LogP contribution >= 0.6 is 11.6 Å². The van der Waals surface area contributed by atoms with Crippen molar-refractivity contribution in [2.45, 2.75) is 6.92 Å². The van der Waals surface area contributed by atoms with Gasteiger partial charge >= 0.3 is 0 Å². The lowest BCUT2D eigenvalue weighted by Crippen LogP contribution is -2.00. The smallest absolute Gasteiger partial charge is 0.293 e. The highest BCUT2D eigenvalue weighted by atomic mass is 35.5. The molecule has 0 unspecified atom stereocenters. The van der Waals surface area contributed by atoms with Crippen molar-refractivity contribution in [1.29, 1.82) is 0 Å². The topological polar surface area (TPSA) is 55.2 Å². The van der Waals surface area contributed by atoms with Gasteiger partial charge in [-0.3, -0.25) is 10.1 Å². The minimum absolute atomic E-state index is 0.00866. The van der Waals surface area contributed by atoms with Crippen molar-refractivity contribution in [3.63, 3.8) is 0 Å². The summed E-state index contributed by atoms with van der Waals surface area (Å²) in [5.74, 6) is 0. The van der Waals surface area contributed by atoms with Crippen molar-refractivity contribution in [3.05, 3.63) is 33.3 Å². The number of benzene rings is 1. The van der Waals surface area contributed by atoms with Crippen molar-refractivity contribution in [2.75, 3.05) is 11.9 Å². The SMILES string of the molecule is CCNc1ccc(Cl)cc1[N+](=O)[O-]. The maximum Gasteiger partial charge on any atom is 0.293 e. The Morgan fingerprint density at radius 3 is 2.85 bits per heavy atom. The molecule has 1 N–H and O–H groups in total. The van der Waals surface area contributed by atoms with E-state index in [9.17, 15) is 10.1 Å². The number of hydrogen-bond acceptors (Lipinski definition) is 3. The first-order valence-corrected chi connectivity index (χ1v) is 4.20. The molecule has 1 aromatic carbocycles. The number of rotatable bonds is 3. The Hall–Kier alpha value is -1.29. The van der Waals surface area contributed by atoms with Gasteiger partial charge in [0.15, 0.2) is 0 Å². The average molecular weight is 201 g/mol. The van der Waals surface area contributed by atoms with E-state index < -0.39 is 4.92 Å². The minimum atomic E-state index is -0.454. The summed E-state index contributed by atoms with van der Waals surface area (Å²) in [7, 11) is 0. The van der Waals surface area contributed by atoms with Crippen LogP contribution < -0.4 is 5.32 Å². The van der Waals surface area contributed by atoms with Crippen molar-refractivity contribution >= 4 is 23.0 Å². The Labute approximate surface area is 80.7 Å². The van der Waals surface area contributed by atoms with Gasteiger partial charge in [0.2, 0.25) is 0 Å². The molecule has 0 aliphatic carbocycles. The van der Waals surface area contributed by atoms with E-state index in [1.807, 2.05) is 6.92 Å². The summed E-state index contributed by atoms with van der Waals surface area (Å²) in [6, 6.07) is 4.55. The highest BCUT2D eigenvalue weighted by Crippen LogP contribution is 2.27. The van der Waals surface area contributed by atoms with Gasteiger partial charge in [0, 0.05) is 17.6 Å². The normalized spacial score (nSPS) is 9.69. The predicted molar refractivity (Wildman–Crippen MR) is 52.3 cm³/mol. The molecule has 0 atom stereocenters. The summed E-state index contributed by atoms with van der Waals surface area (Å²) < 4.78 is 0. The molecule has 0 aromatic heterocycles. The summed E-state index contributed by atoms with van der Waals surface area (Å²) in [5, 5.41) is 13.8. The van der Waals surface area contributed by atoms with Crippen LogP contribution in [0.3, 0.4) is 0 Å². The van der Waals surface area contributed by atoms with Crippen LogP contribution in [0, 0.1) is 10.1 Å². The summed E-state index contributed by atoms with van der Waals surface area (Å²) in [5.41, 5.74) is 0.506. The number of halogens is 1. The third-order valence-corrected chi connectivity index (χ3v) is 1.76. The molecule has 1 rings (SSSR count). The summed E-state index contributed by atoms with van der Waals surface area (Å²) >= 11 is 5.63. The molecule has 0 fully saturated rings. The molecule has 0 aliphatic heterocycles. The van der Waals surface area contributed by atoms with E-state index in [2.05, 4.69) is 5.32 Å². The lowest BCUT2D eigenvalue weighted by Gasteiger charge is -2.03. The third-order valence-electron chi connectivity index (χ3n) is 1.52. The van der Waals surface area contributed by atoms with Crippen LogP contribution in [0.25, 0.3) is 0 Å². The van der Waals surface area contributed by atoms with Crippen LogP contribution in [0.2, 0.25) is 5.02 Å². The van der Waals surface area contributed by atoms with Gasteiger partial charge in [-0.05, 0) is 19.1 Å². The maximum absolute atomic E-state index is 10.6. The molecule has 70 valence electrons. The molecule has 0 aliphatic rings. The molecule has 0 saturated heterocycles. The van der Waals surface area contributed by atoms with Crippen molar-refractivity contribution in [2.24, 2.45) is 0 Å². The molecule has 1 aromatic rings. The lowest BCUT2D eigenvalue weighted by molar-refractivity contribution is -0.383. The first-order valence-electron chi connectivity index (χ1n) is 3.83. The van der Waals surface area contributed by atoms with Crippen molar-refractivity contribution < 1.29 is 4.92 Å². The first-order chi connectivity index (χ1) is 6.15. The van der Waals surface area contributed by atoms with E-state index in [-0.39, 0.29) is 5.69 Å². The van der Waals surface area contributed by atoms with Gasteiger partial charge in [0.05, 0.1) is 4.92 Å². The van der Waals surface area contributed by atoms with Gasteiger partial charge in [-0.25, -0.2) is 0 Å². The Kier molecular flexibility index (Phi) is 3.08. The first kappa shape index (κ1) is 9.80. The third kappa shape index (κ3) is 2.32. The quantitative estimate of drug-likeness (QED) is 0.603. The number of nitro benzene ring substituents is 1. The van der Waals surface area contributed by atoms with E-state index in [4.69, 9.17) is 11.6 Å². The maximum atomic E-state index is 10.6. The number of hydrogen-bond donors (Lipinski definition) is 1. The zero-order valence-electron chi connectivity index (χ0n) is 7.08. The summed E-state index contributed by atoms with van der Waals surface area (Å²) in [6.07, 6.45) is 0. The van der Waals surface area contributed by atoms with Crippen molar-refractivity contribution in [3.8, 4) is 0 Å². The molecular formula is C8H9ClN2O2. The van der Waals surface area contributed by atoms with Gasteiger partial charge in [-0.1, -0.05) is 11.6 Å². The van der Waals surface area contributed by atoms with Gasteiger partial charge in [0.25, 0.3) is 5.69 Å². The van der Waals surface area contributed by atoms with Crippen LogP contribution in [0.4, 0.5) is 11.4 Å². The number of nitro groups is 1. The molecule has 4 nitrogen and oxygen atoms in total. The fraction of sp³-hybridized carbons (Fsp3) is 0.250. The summed E-state index contributed by atoms with van der Waals surface area (Å²) in [4.78, 5) is 10.1. The monoisotopic (exact) mass is 200 g/mol. The molecule has 5 heteroatoms. The second-order valence-electron chi connectivity index (χ2n) is 2.45. The molecule has 13 heavy (non-hydrogen) atoms. The predicted octanol–water partition coefficient (Wildman–Crippen LogP) is 2.68.